The second-order valence-corrected chi connectivity index (χ2v) is 5.13. The molecular weight excluding hydrogens is 236 g/mol. The lowest BCUT2D eigenvalue weighted by Gasteiger charge is -2.37. The number of hydrogen-bond donors (Lipinski definition) is 2. The topological polar surface area (TPSA) is 78.9 Å². The fourth-order valence-corrected chi connectivity index (χ4v) is 1.98. The third kappa shape index (κ3) is 3.68. The third-order valence-electron chi connectivity index (χ3n) is 3.09. The highest BCUT2D eigenvalue weighted by molar-refractivity contribution is 5.77. The van der Waals surface area contributed by atoms with Gasteiger partial charge in [0.2, 0.25) is 0 Å². The molecule has 1 saturated heterocycles. The van der Waals surface area contributed by atoms with E-state index in [9.17, 15) is 9.59 Å². The van der Waals surface area contributed by atoms with Gasteiger partial charge in [0.15, 0.2) is 0 Å². The Kier molecular flexibility index (Phi) is 5.10. The molecule has 1 aliphatic rings. The van der Waals surface area contributed by atoms with Crippen LogP contribution in [0.5, 0.6) is 0 Å². The van der Waals surface area contributed by atoms with Crippen LogP contribution in [0.3, 0.4) is 0 Å². The number of rotatable bonds is 5. The predicted octanol–water partition coefficient (Wildman–Crippen LogP) is -0.0659. The molecule has 18 heavy (non-hydrogen) atoms. The summed E-state index contributed by atoms with van der Waals surface area (Å²) in [4.78, 5) is 24.8. The number of piperazine rings is 1. The summed E-state index contributed by atoms with van der Waals surface area (Å²) in [5, 5.41) is 12.3. The first kappa shape index (κ1) is 14.9. The van der Waals surface area contributed by atoms with Crippen molar-refractivity contribution in [2.45, 2.75) is 26.8 Å². The van der Waals surface area contributed by atoms with Gasteiger partial charge in [0.25, 0.3) is 0 Å². The first-order valence-electron chi connectivity index (χ1n) is 6.23. The Morgan fingerprint density at radius 1 is 1.50 bits per heavy atom. The molecule has 0 aromatic heterocycles. The van der Waals surface area contributed by atoms with E-state index < -0.39 is 17.4 Å². The summed E-state index contributed by atoms with van der Waals surface area (Å²) >= 11 is 0. The van der Waals surface area contributed by atoms with Crippen molar-refractivity contribution in [1.29, 1.82) is 0 Å². The summed E-state index contributed by atoms with van der Waals surface area (Å²) < 4.78 is 5.02. The Morgan fingerprint density at radius 2 is 2.17 bits per heavy atom. The monoisotopic (exact) mass is 258 g/mol. The smallest absolute Gasteiger partial charge is 0.324 e. The molecule has 0 saturated carbocycles. The van der Waals surface area contributed by atoms with Crippen molar-refractivity contribution in [2.24, 2.45) is 5.41 Å². The van der Waals surface area contributed by atoms with E-state index in [-0.39, 0.29) is 5.97 Å². The Bertz CT molecular complexity index is 317. The number of nitrogens with zero attached hydrogens (tertiary/aromatic N) is 1. The molecule has 1 aliphatic heterocycles. The molecule has 0 aromatic rings. The molecule has 6 nitrogen and oxygen atoms in total. The summed E-state index contributed by atoms with van der Waals surface area (Å²) in [5.41, 5.74) is -0.873. The molecule has 0 spiro atoms. The lowest BCUT2D eigenvalue weighted by Crippen LogP contribution is -2.58. The van der Waals surface area contributed by atoms with Gasteiger partial charge in [0, 0.05) is 26.2 Å². The average Bonchev–Trinajstić information content (AvgIpc) is 2.29. The second kappa shape index (κ2) is 6.15. The number of carbonyl (C=O) groups is 2. The highest BCUT2D eigenvalue weighted by atomic mass is 16.5. The first-order valence-corrected chi connectivity index (χ1v) is 6.23. The molecule has 0 radical (unpaired) electrons. The summed E-state index contributed by atoms with van der Waals surface area (Å²) in [6.07, 6.45) is 0. The number of carboxylic acids is 1. The third-order valence-corrected chi connectivity index (χ3v) is 3.09. The average molecular weight is 258 g/mol. The van der Waals surface area contributed by atoms with Crippen molar-refractivity contribution in [2.75, 3.05) is 32.8 Å². The molecular formula is C12H22N2O4. The van der Waals surface area contributed by atoms with Gasteiger partial charge in [0.05, 0.1) is 12.0 Å². The fourth-order valence-electron chi connectivity index (χ4n) is 1.98. The zero-order valence-electron chi connectivity index (χ0n) is 11.2. The zero-order chi connectivity index (χ0) is 13.8. The molecule has 1 heterocycles. The van der Waals surface area contributed by atoms with Gasteiger partial charge in [-0.25, -0.2) is 0 Å². The van der Waals surface area contributed by atoms with Crippen LogP contribution in [-0.4, -0.2) is 60.8 Å². The largest absolute Gasteiger partial charge is 0.481 e. The Hall–Kier alpha value is -1.14. The van der Waals surface area contributed by atoms with Crippen LogP contribution in [0.4, 0.5) is 0 Å². The quantitative estimate of drug-likeness (QED) is 0.672. The minimum absolute atomic E-state index is 0.286. The van der Waals surface area contributed by atoms with Crippen molar-refractivity contribution in [3.63, 3.8) is 0 Å². The Morgan fingerprint density at radius 3 is 2.72 bits per heavy atom. The molecule has 1 unspecified atom stereocenters. The Labute approximate surface area is 107 Å². The summed E-state index contributed by atoms with van der Waals surface area (Å²) in [6.45, 7) is 7.69. The highest BCUT2D eigenvalue weighted by Crippen LogP contribution is 2.20. The minimum Gasteiger partial charge on any atom is -0.481 e. The second-order valence-electron chi connectivity index (χ2n) is 5.13. The van der Waals surface area contributed by atoms with E-state index in [0.29, 0.717) is 26.2 Å². The van der Waals surface area contributed by atoms with Gasteiger partial charge in [-0.1, -0.05) is 0 Å². The summed E-state index contributed by atoms with van der Waals surface area (Å²) in [7, 11) is 0. The van der Waals surface area contributed by atoms with Gasteiger partial charge in [-0.2, -0.15) is 0 Å². The van der Waals surface area contributed by atoms with Crippen LogP contribution >= 0.6 is 0 Å². The molecule has 0 amide bonds. The van der Waals surface area contributed by atoms with Gasteiger partial charge >= 0.3 is 11.9 Å². The maximum absolute atomic E-state index is 11.8. The lowest BCUT2D eigenvalue weighted by atomic mass is 9.92. The Balaban J connectivity index is 2.71. The zero-order valence-corrected chi connectivity index (χ0v) is 11.2. The molecule has 1 atom stereocenters. The highest BCUT2D eigenvalue weighted by Gasteiger charge is 2.36. The number of aliphatic carboxylic acids is 1. The first-order chi connectivity index (χ1) is 8.38. The van der Waals surface area contributed by atoms with Crippen molar-refractivity contribution in [3.05, 3.63) is 0 Å². The van der Waals surface area contributed by atoms with Gasteiger partial charge in [0.1, 0.15) is 6.04 Å². The molecule has 104 valence electrons. The van der Waals surface area contributed by atoms with E-state index in [2.05, 4.69) is 5.32 Å². The molecule has 1 fully saturated rings. The maximum atomic E-state index is 11.8. The predicted molar refractivity (Wildman–Crippen MR) is 66.3 cm³/mol. The van der Waals surface area contributed by atoms with Crippen LogP contribution in [0.25, 0.3) is 0 Å². The van der Waals surface area contributed by atoms with Crippen LogP contribution in [0.1, 0.15) is 20.8 Å². The van der Waals surface area contributed by atoms with Gasteiger partial charge in [-0.15, -0.1) is 0 Å². The van der Waals surface area contributed by atoms with Crippen LogP contribution < -0.4 is 5.32 Å². The number of hydrogen-bond acceptors (Lipinski definition) is 5. The van der Waals surface area contributed by atoms with Crippen molar-refractivity contribution in [1.82, 2.24) is 10.2 Å². The van der Waals surface area contributed by atoms with Crippen molar-refractivity contribution in [3.8, 4) is 0 Å². The van der Waals surface area contributed by atoms with Crippen LogP contribution in [0, 0.1) is 5.41 Å². The lowest BCUT2D eigenvalue weighted by molar-refractivity contribution is -0.155. The van der Waals surface area contributed by atoms with Crippen LogP contribution in [0.2, 0.25) is 0 Å². The van der Waals surface area contributed by atoms with E-state index >= 15 is 0 Å². The summed E-state index contributed by atoms with van der Waals surface area (Å²) in [6, 6.07) is -0.391. The van der Waals surface area contributed by atoms with E-state index in [4.69, 9.17) is 9.84 Å². The number of ether oxygens (including phenoxy) is 1. The van der Waals surface area contributed by atoms with Crippen molar-refractivity contribution < 1.29 is 19.4 Å². The molecule has 6 heteroatoms. The van der Waals surface area contributed by atoms with Gasteiger partial charge in [-0.3, -0.25) is 14.5 Å². The number of esters is 1. The van der Waals surface area contributed by atoms with Crippen LogP contribution in [-0.2, 0) is 14.3 Å². The number of carbonyl (C=O) groups excluding carboxylic acids is 1. The molecule has 0 aromatic carbocycles. The standard InChI is InChI=1S/C12H22N2O4/c1-4-18-10(15)9-7-13-5-6-14(9)8-12(2,3)11(16)17/h9,13H,4-8H2,1-3H3,(H,16,17). The molecule has 0 aliphatic carbocycles. The molecule has 0 bridgehead atoms. The normalized spacial score (nSPS) is 21.6. The summed E-state index contributed by atoms with van der Waals surface area (Å²) in [5.74, 6) is -1.14. The van der Waals surface area contributed by atoms with E-state index in [1.807, 2.05) is 4.90 Å². The number of carboxylic acid groups (broad SMARTS) is 1. The van der Waals surface area contributed by atoms with E-state index in [1.54, 1.807) is 20.8 Å². The maximum Gasteiger partial charge on any atom is 0.324 e. The van der Waals surface area contributed by atoms with Gasteiger partial charge in [-0.05, 0) is 20.8 Å². The van der Waals surface area contributed by atoms with Crippen LogP contribution in [0.15, 0.2) is 0 Å². The molecule has 2 N–H and O–H groups in total. The van der Waals surface area contributed by atoms with Crippen molar-refractivity contribution >= 4 is 11.9 Å². The molecule has 1 rings (SSSR count). The van der Waals surface area contributed by atoms with Gasteiger partial charge < -0.3 is 15.2 Å². The fraction of sp³-hybridized carbons (Fsp3) is 0.833. The minimum atomic E-state index is -0.873. The SMILES string of the molecule is CCOC(=O)C1CNCCN1CC(C)(C)C(=O)O. The van der Waals surface area contributed by atoms with E-state index in [1.165, 1.54) is 0 Å². The van der Waals surface area contributed by atoms with E-state index in [0.717, 1.165) is 6.54 Å². The number of nitrogens with one attached hydrogen (secondary N) is 1.